The van der Waals surface area contributed by atoms with Gasteiger partial charge in [-0.05, 0) is 12.0 Å². The maximum atomic E-state index is 5.67. The van der Waals surface area contributed by atoms with Crippen molar-refractivity contribution < 1.29 is 0 Å². The molecular formula is C13H15N3S. The Morgan fingerprint density at radius 2 is 2.12 bits per heavy atom. The van der Waals surface area contributed by atoms with Crippen molar-refractivity contribution in [1.82, 2.24) is 4.98 Å². The maximum absolute atomic E-state index is 5.67. The summed E-state index contributed by atoms with van der Waals surface area (Å²) in [6.45, 7) is 2.12. The first-order valence-electron chi connectivity index (χ1n) is 5.84. The Morgan fingerprint density at radius 1 is 1.29 bits per heavy atom. The van der Waals surface area contributed by atoms with Crippen LogP contribution in [0.1, 0.15) is 17.9 Å². The number of hydrogen-bond donors (Lipinski definition) is 1. The van der Waals surface area contributed by atoms with Gasteiger partial charge in [0.2, 0.25) is 0 Å². The number of anilines is 2. The molecular weight excluding hydrogens is 230 g/mol. The molecule has 0 amide bonds. The summed E-state index contributed by atoms with van der Waals surface area (Å²) in [5, 5.41) is 2.70. The second-order valence-corrected chi connectivity index (χ2v) is 5.28. The summed E-state index contributed by atoms with van der Waals surface area (Å²) in [6.07, 6.45) is 1.20. The van der Waals surface area contributed by atoms with E-state index in [2.05, 4.69) is 40.2 Å². The van der Waals surface area contributed by atoms with Crippen LogP contribution in [0.15, 0.2) is 35.7 Å². The fraction of sp³-hybridized carbons (Fsp3) is 0.308. The van der Waals surface area contributed by atoms with Gasteiger partial charge in [0.1, 0.15) is 5.82 Å². The average molecular weight is 245 g/mol. The molecule has 1 aliphatic heterocycles. The van der Waals surface area contributed by atoms with Crippen molar-refractivity contribution in [2.24, 2.45) is 0 Å². The Hall–Kier alpha value is -1.55. The first kappa shape index (κ1) is 10.6. The first-order valence-corrected chi connectivity index (χ1v) is 6.72. The van der Waals surface area contributed by atoms with Gasteiger partial charge in [-0.25, -0.2) is 4.98 Å². The zero-order chi connectivity index (χ0) is 11.7. The van der Waals surface area contributed by atoms with Crippen molar-refractivity contribution in [3.05, 3.63) is 41.3 Å². The zero-order valence-electron chi connectivity index (χ0n) is 9.54. The molecule has 0 radical (unpaired) electrons. The van der Waals surface area contributed by atoms with Crippen molar-refractivity contribution in [3.63, 3.8) is 0 Å². The minimum atomic E-state index is 0.624. The SMILES string of the molecule is Nc1nc(N2CCC(c3ccccc3)C2)cs1. The van der Waals surface area contributed by atoms with Gasteiger partial charge >= 0.3 is 0 Å². The van der Waals surface area contributed by atoms with Crippen LogP contribution in [0.4, 0.5) is 10.9 Å². The molecule has 2 aromatic rings. The summed E-state index contributed by atoms with van der Waals surface area (Å²) in [7, 11) is 0. The van der Waals surface area contributed by atoms with E-state index in [9.17, 15) is 0 Å². The van der Waals surface area contributed by atoms with Crippen molar-refractivity contribution in [1.29, 1.82) is 0 Å². The second-order valence-electron chi connectivity index (χ2n) is 4.39. The van der Waals surface area contributed by atoms with Crippen molar-refractivity contribution in [2.45, 2.75) is 12.3 Å². The van der Waals surface area contributed by atoms with Gasteiger partial charge in [0, 0.05) is 24.4 Å². The summed E-state index contributed by atoms with van der Waals surface area (Å²) in [5.41, 5.74) is 7.10. The molecule has 1 atom stereocenters. The Balaban J connectivity index is 1.74. The quantitative estimate of drug-likeness (QED) is 0.884. The Bertz CT molecular complexity index is 494. The summed E-state index contributed by atoms with van der Waals surface area (Å²) >= 11 is 1.51. The molecule has 0 bridgehead atoms. The molecule has 17 heavy (non-hydrogen) atoms. The van der Waals surface area contributed by atoms with Crippen molar-refractivity contribution in [2.75, 3.05) is 23.7 Å². The summed E-state index contributed by atoms with van der Waals surface area (Å²) < 4.78 is 0. The van der Waals surface area contributed by atoms with E-state index in [1.54, 1.807) is 0 Å². The zero-order valence-corrected chi connectivity index (χ0v) is 10.4. The molecule has 0 spiro atoms. The lowest BCUT2D eigenvalue weighted by atomic mass is 9.99. The van der Waals surface area contributed by atoms with Crippen molar-refractivity contribution >= 4 is 22.3 Å². The Labute approximate surface area is 105 Å². The van der Waals surface area contributed by atoms with Gasteiger partial charge < -0.3 is 10.6 Å². The van der Waals surface area contributed by atoms with Crippen LogP contribution in [-0.4, -0.2) is 18.1 Å². The Morgan fingerprint density at radius 3 is 2.82 bits per heavy atom. The van der Waals surface area contributed by atoms with Gasteiger partial charge in [-0.1, -0.05) is 30.3 Å². The van der Waals surface area contributed by atoms with E-state index in [4.69, 9.17) is 5.73 Å². The molecule has 0 saturated carbocycles. The van der Waals surface area contributed by atoms with Gasteiger partial charge in [0.05, 0.1) is 0 Å². The smallest absolute Gasteiger partial charge is 0.182 e. The van der Waals surface area contributed by atoms with E-state index in [0.717, 1.165) is 18.9 Å². The fourth-order valence-electron chi connectivity index (χ4n) is 2.39. The molecule has 1 aromatic heterocycles. The van der Waals surface area contributed by atoms with Crippen LogP contribution in [0.25, 0.3) is 0 Å². The molecule has 1 saturated heterocycles. The first-order chi connectivity index (χ1) is 8.33. The second kappa shape index (κ2) is 4.37. The summed E-state index contributed by atoms with van der Waals surface area (Å²) in [5.74, 6) is 1.66. The topological polar surface area (TPSA) is 42.1 Å². The van der Waals surface area contributed by atoms with Crippen LogP contribution >= 0.6 is 11.3 Å². The normalized spacial score (nSPS) is 19.8. The van der Waals surface area contributed by atoms with E-state index >= 15 is 0 Å². The standard InChI is InChI=1S/C13H15N3S/c14-13-15-12(9-17-13)16-7-6-11(8-16)10-4-2-1-3-5-10/h1-5,9,11H,6-8H2,(H2,14,15). The highest BCUT2D eigenvalue weighted by atomic mass is 32.1. The van der Waals surface area contributed by atoms with Crippen LogP contribution in [0.2, 0.25) is 0 Å². The predicted octanol–water partition coefficient (Wildman–Crippen LogP) is 2.72. The molecule has 3 rings (SSSR count). The lowest BCUT2D eigenvalue weighted by Crippen LogP contribution is -2.19. The van der Waals surface area contributed by atoms with E-state index in [1.807, 2.05) is 5.38 Å². The molecule has 1 aromatic carbocycles. The van der Waals surface area contributed by atoms with E-state index < -0.39 is 0 Å². The van der Waals surface area contributed by atoms with Gasteiger partial charge in [0.25, 0.3) is 0 Å². The lowest BCUT2D eigenvalue weighted by Gasteiger charge is -2.15. The molecule has 2 N–H and O–H groups in total. The average Bonchev–Trinajstić information content (AvgIpc) is 2.98. The van der Waals surface area contributed by atoms with Gasteiger partial charge in [0.15, 0.2) is 5.13 Å². The summed E-state index contributed by atoms with van der Waals surface area (Å²) in [6, 6.07) is 10.7. The van der Waals surface area contributed by atoms with Gasteiger partial charge in [-0.3, -0.25) is 0 Å². The van der Waals surface area contributed by atoms with E-state index in [0.29, 0.717) is 11.0 Å². The number of aromatic nitrogens is 1. The molecule has 0 aliphatic carbocycles. The number of thiazole rings is 1. The van der Waals surface area contributed by atoms with Crippen LogP contribution in [-0.2, 0) is 0 Å². The molecule has 4 heteroatoms. The fourth-order valence-corrected chi connectivity index (χ4v) is 2.96. The molecule has 2 heterocycles. The van der Waals surface area contributed by atoms with Gasteiger partial charge in [-0.2, -0.15) is 0 Å². The molecule has 88 valence electrons. The minimum absolute atomic E-state index is 0.624. The van der Waals surface area contributed by atoms with Crippen LogP contribution in [0.3, 0.4) is 0 Å². The van der Waals surface area contributed by atoms with Crippen molar-refractivity contribution in [3.8, 4) is 0 Å². The lowest BCUT2D eigenvalue weighted by molar-refractivity contribution is 0.774. The number of nitrogens with zero attached hydrogens (tertiary/aromatic N) is 2. The number of hydrogen-bond acceptors (Lipinski definition) is 4. The summed E-state index contributed by atoms with van der Waals surface area (Å²) in [4.78, 5) is 6.67. The highest BCUT2D eigenvalue weighted by Gasteiger charge is 2.25. The molecule has 1 aliphatic rings. The van der Waals surface area contributed by atoms with Gasteiger partial charge in [-0.15, -0.1) is 11.3 Å². The third-order valence-corrected chi connectivity index (χ3v) is 3.95. The molecule has 1 unspecified atom stereocenters. The highest BCUT2D eigenvalue weighted by Crippen LogP contribution is 2.31. The number of benzene rings is 1. The van der Waals surface area contributed by atoms with Crippen LogP contribution < -0.4 is 10.6 Å². The van der Waals surface area contributed by atoms with E-state index in [-0.39, 0.29) is 0 Å². The highest BCUT2D eigenvalue weighted by molar-refractivity contribution is 7.13. The molecule has 3 nitrogen and oxygen atoms in total. The van der Waals surface area contributed by atoms with E-state index in [1.165, 1.54) is 23.3 Å². The monoisotopic (exact) mass is 245 g/mol. The third kappa shape index (κ3) is 2.13. The predicted molar refractivity (Wildman–Crippen MR) is 72.5 cm³/mol. The van der Waals surface area contributed by atoms with Crippen LogP contribution in [0.5, 0.6) is 0 Å². The molecule has 1 fully saturated rings. The number of rotatable bonds is 2. The number of nitrogen functional groups attached to an aromatic ring is 1. The number of nitrogens with two attached hydrogens (primary N) is 1. The third-order valence-electron chi connectivity index (χ3n) is 3.29. The Kier molecular flexibility index (Phi) is 2.73. The largest absolute Gasteiger partial charge is 0.375 e. The maximum Gasteiger partial charge on any atom is 0.182 e. The van der Waals surface area contributed by atoms with Crippen LogP contribution in [0, 0.1) is 0 Å². The minimum Gasteiger partial charge on any atom is -0.375 e.